The third-order valence-electron chi connectivity index (χ3n) is 5.16. The molecular weight excluding hydrogens is 382 g/mol. The average Bonchev–Trinajstić information content (AvgIpc) is 3.36. The molecule has 8 heteroatoms. The summed E-state index contributed by atoms with van der Waals surface area (Å²) >= 11 is 1.88. The number of hydrogen-bond acceptors (Lipinski definition) is 5. The van der Waals surface area contributed by atoms with Crippen LogP contribution in [0, 0.1) is 0 Å². The topological polar surface area (TPSA) is 71.8 Å². The van der Waals surface area contributed by atoms with Gasteiger partial charge in [-0.25, -0.2) is 4.68 Å². The maximum Gasteiger partial charge on any atom is 0.277 e. The van der Waals surface area contributed by atoms with Gasteiger partial charge in [0.15, 0.2) is 5.69 Å². The van der Waals surface area contributed by atoms with E-state index in [4.69, 9.17) is 0 Å². The number of benzene rings is 1. The molecule has 2 aromatic rings. The van der Waals surface area contributed by atoms with Gasteiger partial charge in [0, 0.05) is 10.1 Å². The second-order valence-electron chi connectivity index (χ2n) is 7.04. The highest BCUT2D eigenvalue weighted by molar-refractivity contribution is 8.00. The fourth-order valence-corrected chi connectivity index (χ4v) is 5.01. The second kappa shape index (κ2) is 9.57. The van der Waals surface area contributed by atoms with Crippen molar-refractivity contribution in [3.05, 3.63) is 36.2 Å². The second-order valence-corrected chi connectivity index (χ2v) is 8.38. The largest absolute Gasteiger partial charge is 0.320 e. The van der Waals surface area contributed by atoms with Crippen LogP contribution < -0.4 is 10.6 Å². The van der Waals surface area contributed by atoms with Crippen LogP contribution in [0.2, 0.25) is 0 Å². The molecule has 2 fully saturated rings. The number of hydrogen-bond donors (Lipinski definition) is 2. The number of thioether (sulfide) groups is 1. The zero-order chi connectivity index (χ0) is 17.8. The summed E-state index contributed by atoms with van der Waals surface area (Å²) in [6.07, 6.45) is 8.96. The monoisotopic (exact) mass is 407 g/mol. The van der Waals surface area contributed by atoms with E-state index in [1.54, 1.807) is 6.20 Å². The standard InChI is InChI=1S/C19H25N5OS.ClH/c25-19(17-13-24(23-22-17)14-9-11-20-12-10-14)21-16-7-3-4-8-18(16)26-15-5-1-2-6-15;/h3-4,7-8,13-15,20H,1-2,5-6,9-12H2,(H,21,25);1H. The molecule has 0 radical (unpaired) electrons. The molecular formula is C19H26ClN5OS. The van der Waals surface area contributed by atoms with Crippen LogP contribution in [0.3, 0.4) is 0 Å². The highest BCUT2D eigenvalue weighted by atomic mass is 35.5. The van der Waals surface area contributed by atoms with Crippen LogP contribution in [0.25, 0.3) is 0 Å². The Morgan fingerprint density at radius 3 is 2.67 bits per heavy atom. The number of aromatic nitrogens is 3. The zero-order valence-electron chi connectivity index (χ0n) is 15.3. The number of para-hydroxylation sites is 1. The Morgan fingerprint density at radius 2 is 1.89 bits per heavy atom. The fourth-order valence-electron chi connectivity index (χ4n) is 3.68. The van der Waals surface area contributed by atoms with Crippen LogP contribution in [-0.2, 0) is 0 Å². The molecule has 27 heavy (non-hydrogen) atoms. The smallest absolute Gasteiger partial charge is 0.277 e. The van der Waals surface area contributed by atoms with Crippen LogP contribution in [0.5, 0.6) is 0 Å². The van der Waals surface area contributed by atoms with Gasteiger partial charge in [-0.2, -0.15) is 0 Å². The summed E-state index contributed by atoms with van der Waals surface area (Å²) in [7, 11) is 0. The Labute approximate surface area is 170 Å². The number of carbonyl (C=O) groups excluding carboxylic acids is 1. The Bertz CT molecular complexity index is 756. The van der Waals surface area contributed by atoms with Crippen LogP contribution >= 0.6 is 24.2 Å². The van der Waals surface area contributed by atoms with Crippen LogP contribution in [-0.4, -0.2) is 39.2 Å². The number of amides is 1. The van der Waals surface area contributed by atoms with Gasteiger partial charge >= 0.3 is 0 Å². The Hall–Kier alpha value is -1.57. The van der Waals surface area contributed by atoms with Crippen molar-refractivity contribution >= 4 is 35.8 Å². The number of nitrogens with one attached hydrogen (secondary N) is 2. The Balaban J connectivity index is 0.00000210. The molecule has 1 aliphatic heterocycles. The van der Waals surface area contributed by atoms with Gasteiger partial charge in [-0.05, 0) is 50.9 Å². The SMILES string of the molecule is Cl.O=C(Nc1ccccc1SC1CCCC1)c1cn(C2CCNCC2)nn1. The molecule has 1 aliphatic carbocycles. The zero-order valence-corrected chi connectivity index (χ0v) is 16.9. The van der Waals surface area contributed by atoms with E-state index >= 15 is 0 Å². The van der Waals surface area contributed by atoms with E-state index in [1.807, 2.05) is 34.6 Å². The van der Waals surface area contributed by atoms with Crippen molar-refractivity contribution in [3.63, 3.8) is 0 Å². The first-order chi connectivity index (χ1) is 12.8. The molecule has 0 spiro atoms. The molecule has 1 saturated carbocycles. The Kier molecular flexibility index (Phi) is 7.15. The van der Waals surface area contributed by atoms with Crippen molar-refractivity contribution in [1.29, 1.82) is 0 Å². The number of anilines is 1. The molecule has 1 saturated heterocycles. The van der Waals surface area contributed by atoms with Crippen molar-refractivity contribution in [1.82, 2.24) is 20.3 Å². The first-order valence-corrected chi connectivity index (χ1v) is 10.4. The molecule has 0 atom stereocenters. The van der Waals surface area contributed by atoms with E-state index in [9.17, 15) is 4.79 Å². The molecule has 2 aliphatic rings. The van der Waals surface area contributed by atoms with Gasteiger partial charge in [-0.1, -0.05) is 30.2 Å². The van der Waals surface area contributed by atoms with E-state index in [1.165, 1.54) is 25.7 Å². The van der Waals surface area contributed by atoms with Crippen molar-refractivity contribution in [2.24, 2.45) is 0 Å². The fraction of sp³-hybridized carbons (Fsp3) is 0.526. The molecule has 4 rings (SSSR count). The van der Waals surface area contributed by atoms with Gasteiger partial charge < -0.3 is 10.6 Å². The lowest BCUT2D eigenvalue weighted by molar-refractivity contribution is 0.102. The van der Waals surface area contributed by atoms with Gasteiger partial charge in [0.25, 0.3) is 5.91 Å². The van der Waals surface area contributed by atoms with Gasteiger partial charge in [0.2, 0.25) is 0 Å². The van der Waals surface area contributed by atoms with Crippen LogP contribution in [0.15, 0.2) is 35.4 Å². The predicted octanol–water partition coefficient (Wildman–Crippen LogP) is 3.91. The normalized spacial score (nSPS) is 18.2. The van der Waals surface area contributed by atoms with Gasteiger partial charge in [0.1, 0.15) is 0 Å². The highest BCUT2D eigenvalue weighted by Gasteiger charge is 2.21. The van der Waals surface area contributed by atoms with E-state index < -0.39 is 0 Å². The number of halogens is 1. The summed E-state index contributed by atoms with van der Waals surface area (Å²) in [5.41, 5.74) is 1.25. The predicted molar refractivity (Wildman–Crippen MR) is 111 cm³/mol. The minimum absolute atomic E-state index is 0. The number of carbonyl (C=O) groups is 1. The molecule has 0 bridgehead atoms. The summed E-state index contributed by atoms with van der Waals surface area (Å²) in [4.78, 5) is 13.8. The summed E-state index contributed by atoms with van der Waals surface area (Å²) in [6, 6.07) is 8.37. The first-order valence-electron chi connectivity index (χ1n) is 9.49. The summed E-state index contributed by atoms with van der Waals surface area (Å²) in [6.45, 7) is 1.97. The van der Waals surface area contributed by atoms with E-state index in [-0.39, 0.29) is 18.3 Å². The first kappa shape index (κ1) is 20.2. The highest BCUT2D eigenvalue weighted by Crippen LogP contribution is 2.38. The average molecular weight is 408 g/mol. The molecule has 1 aromatic carbocycles. The molecule has 146 valence electrons. The molecule has 1 amide bonds. The lowest BCUT2D eigenvalue weighted by Crippen LogP contribution is -2.29. The minimum Gasteiger partial charge on any atom is -0.320 e. The maximum absolute atomic E-state index is 12.7. The summed E-state index contributed by atoms with van der Waals surface area (Å²) in [5, 5.41) is 15.3. The van der Waals surface area contributed by atoms with Crippen molar-refractivity contribution < 1.29 is 4.79 Å². The van der Waals surface area contributed by atoms with Crippen molar-refractivity contribution in [3.8, 4) is 0 Å². The third-order valence-corrected chi connectivity index (χ3v) is 6.57. The molecule has 2 N–H and O–H groups in total. The molecule has 1 aromatic heterocycles. The molecule has 6 nitrogen and oxygen atoms in total. The van der Waals surface area contributed by atoms with Gasteiger partial charge in [0.05, 0.1) is 17.9 Å². The number of nitrogens with zero attached hydrogens (tertiary/aromatic N) is 3. The number of rotatable bonds is 5. The minimum atomic E-state index is -0.190. The van der Waals surface area contributed by atoms with Gasteiger partial charge in [-0.3, -0.25) is 4.79 Å². The van der Waals surface area contributed by atoms with E-state index in [0.717, 1.165) is 36.5 Å². The van der Waals surface area contributed by atoms with Crippen LogP contribution in [0.1, 0.15) is 55.1 Å². The number of piperidine rings is 1. The summed E-state index contributed by atoms with van der Waals surface area (Å²) < 4.78 is 1.84. The van der Waals surface area contributed by atoms with Gasteiger partial charge in [-0.15, -0.1) is 29.3 Å². The van der Waals surface area contributed by atoms with Crippen molar-refractivity contribution in [2.45, 2.75) is 54.7 Å². The quantitative estimate of drug-likeness (QED) is 0.786. The van der Waals surface area contributed by atoms with Crippen LogP contribution in [0.4, 0.5) is 5.69 Å². The molecule has 0 unspecified atom stereocenters. The lowest BCUT2D eigenvalue weighted by atomic mass is 10.1. The molecule has 2 heterocycles. The lowest BCUT2D eigenvalue weighted by Gasteiger charge is -2.22. The van der Waals surface area contributed by atoms with Crippen molar-refractivity contribution in [2.75, 3.05) is 18.4 Å². The van der Waals surface area contributed by atoms with E-state index in [2.05, 4.69) is 27.0 Å². The maximum atomic E-state index is 12.7. The Morgan fingerprint density at radius 1 is 1.15 bits per heavy atom. The third kappa shape index (κ3) is 5.03. The summed E-state index contributed by atoms with van der Waals surface area (Å²) in [5.74, 6) is -0.190. The van der Waals surface area contributed by atoms with E-state index in [0.29, 0.717) is 17.0 Å².